The second kappa shape index (κ2) is 6.60. The van der Waals surface area contributed by atoms with Gasteiger partial charge in [0.05, 0.1) is 0 Å². The molecule has 2 unspecified atom stereocenters. The maximum absolute atomic E-state index is 11.6. The molecule has 1 rings (SSSR count). The molecular weight excluding hydrogens is 276 g/mol. The normalized spacial score (nSPS) is 13.9. The fraction of sp³-hybridized carbons (Fsp3) is 0.500. The SMILES string of the molecule is CC(CCNC(=O)c1csc(C(=O)O)n1)S(C)=O. The standard InChI is InChI=1S/C10H14N2O4S2/c1-6(18(2)16)3-4-11-8(13)7-5-17-9(12-7)10(14)15/h5-6H,3-4H2,1-2H3,(H,11,13)(H,14,15). The molecule has 0 spiro atoms. The lowest BCUT2D eigenvalue weighted by molar-refractivity contribution is 0.0696. The predicted octanol–water partition coefficient (Wildman–Crippen LogP) is 0.728. The van der Waals surface area contributed by atoms with E-state index in [0.29, 0.717) is 13.0 Å². The second-order valence-corrected chi connectivity index (χ2v) is 6.36. The van der Waals surface area contributed by atoms with Crippen LogP contribution in [0.3, 0.4) is 0 Å². The molecule has 0 aliphatic carbocycles. The highest BCUT2D eigenvalue weighted by Crippen LogP contribution is 2.09. The number of carbonyl (C=O) groups is 2. The Bertz CT molecular complexity index is 472. The Morgan fingerprint density at radius 3 is 2.78 bits per heavy atom. The van der Waals surface area contributed by atoms with Crippen LogP contribution >= 0.6 is 11.3 Å². The van der Waals surface area contributed by atoms with Crippen molar-refractivity contribution in [3.63, 3.8) is 0 Å². The van der Waals surface area contributed by atoms with Crippen molar-refractivity contribution in [3.8, 4) is 0 Å². The highest BCUT2D eigenvalue weighted by molar-refractivity contribution is 7.84. The number of hydrogen-bond donors (Lipinski definition) is 2. The van der Waals surface area contributed by atoms with Gasteiger partial charge in [-0.15, -0.1) is 11.3 Å². The summed E-state index contributed by atoms with van der Waals surface area (Å²) in [5.41, 5.74) is 0.0997. The molecule has 2 N–H and O–H groups in total. The van der Waals surface area contributed by atoms with Crippen molar-refractivity contribution >= 4 is 34.0 Å². The smallest absolute Gasteiger partial charge is 0.365 e. The first kappa shape index (κ1) is 14.8. The Kier molecular flexibility index (Phi) is 5.42. The van der Waals surface area contributed by atoms with Crippen molar-refractivity contribution < 1.29 is 18.9 Å². The predicted molar refractivity (Wildman–Crippen MR) is 69.6 cm³/mol. The lowest BCUT2D eigenvalue weighted by Crippen LogP contribution is -2.27. The topological polar surface area (TPSA) is 96.4 Å². The van der Waals surface area contributed by atoms with E-state index in [1.54, 1.807) is 6.26 Å². The lowest BCUT2D eigenvalue weighted by Gasteiger charge is -2.08. The molecule has 1 amide bonds. The number of rotatable bonds is 6. The summed E-state index contributed by atoms with van der Waals surface area (Å²) in [6, 6.07) is 0. The molecule has 0 bridgehead atoms. The molecule has 100 valence electrons. The number of nitrogens with one attached hydrogen (secondary N) is 1. The van der Waals surface area contributed by atoms with Gasteiger partial charge in [0.25, 0.3) is 5.91 Å². The Labute approximate surface area is 111 Å². The molecule has 1 aromatic rings. The van der Waals surface area contributed by atoms with E-state index >= 15 is 0 Å². The zero-order valence-corrected chi connectivity index (χ0v) is 11.6. The minimum Gasteiger partial charge on any atom is -0.476 e. The number of carboxylic acids is 1. The van der Waals surface area contributed by atoms with Gasteiger partial charge in [0, 0.05) is 34.2 Å². The first-order valence-corrected chi connectivity index (χ1v) is 7.71. The Morgan fingerprint density at radius 1 is 1.61 bits per heavy atom. The van der Waals surface area contributed by atoms with Gasteiger partial charge < -0.3 is 10.4 Å². The van der Waals surface area contributed by atoms with Gasteiger partial charge in [-0.25, -0.2) is 9.78 Å². The van der Waals surface area contributed by atoms with E-state index < -0.39 is 22.7 Å². The highest BCUT2D eigenvalue weighted by atomic mass is 32.2. The zero-order chi connectivity index (χ0) is 13.7. The number of amides is 1. The van der Waals surface area contributed by atoms with Gasteiger partial charge in [0.15, 0.2) is 0 Å². The largest absolute Gasteiger partial charge is 0.476 e. The van der Waals surface area contributed by atoms with Crippen LogP contribution in [0, 0.1) is 0 Å². The average Bonchev–Trinajstić information content (AvgIpc) is 2.77. The molecule has 0 fully saturated rings. The minimum atomic E-state index is -1.14. The Morgan fingerprint density at radius 2 is 2.28 bits per heavy atom. The summed E-state index contributed by atoms with van der Waals surface area (Å²) in [5, 5.41) is 12.6. The van der Waals surface area contributed by atoms with E-state index in [1.807, 2.05) is 6.92 Å². The summed E-state index contributed by atoms with van der Waals surface area (Å²) in [6.07, 6.45) is 2.22. The van der Waals surface area contributed by atoms with Crippen LogP contribution in [-0.4, -0.2) is 44.2 Å². The summed E-state index contributed by atoms with van der Waals surface area (Å²) >= 11 is 0.911. The summed E-state index contributed by atoms with van der Waals surface area (Å²) in [5.74, 6) is -1.55. The number of carbonyl (C=O) groups excluding carboxylic acids is 1. The Hall–Kier alpha value is -1.28. The number of aromatic nitrogens is 1. The molecule has 0 aliphatic rings. The quantitative estimate of drug-likeness (QED) is 0.805. The van der Waals surface area contributed by atoms with E-state index in [0.717, 1.165) is 11.3 Å². The molecule has 8 heteroatoms. The van der Waals surface area contributed by atoms with Crippen LogP contribution in [0.15, 0.2) is 5.38 Å². The zero-order valence-electron chi connectivity index (χ0n) is 10.0. The third kappa shape index (κ3) is 4.19. The molecule has 0 aliphatic heterocycles. The van der Waals surface area contributed by atoms with Crippen molar-refractivity contribution in [1.29, 1.82) is 0 Å². The molecule has 0 aromatic carbocycles. The fourth-order valence-corrected chi connectivity index (χ4v) is 2.21. The van der Waals surface area contributed by atoms with Crippen molar-refractivity contribution in [1.82, 2.24) is 10.3 Å². The van der Waals surface area contributed by atoms with Crippen LogP contribution < -0.4 is 5.32 Å². The molecule has 2 atom stereocenters. The molecule has 1 heterocycles. The summed E-state index contributed by atoms with van der Waals surface area (Å²) in [7, 11) is -0.914. The summed E-state index contributed by atoms with van der Waals surface area (Å²) in [4.78, 5) is 25.9. The van der Waals surface area contributed by atoms with Crippen molar-refractivity contribution in [3.05, 3.63) is 16.1 Å². The number of hydrogen-bond acceptors (Lipinski definition) is 5. The second-order valence-electron chi connectivity index (χ2n) is 3.70. The first-order chi connectivity index (χ1) is 8.41. The third-order valence-corrected chi connectivity index (χ3v) is 4.52. The number of carboxylic acid groups (broad SMARTS) is 1. The average molecular weight is 290 g/mol. The van der Waals surface area contributed by atoms with Gasteiger partial charge in [-0.3, -0.25) is 9.00 Å². The fourth-order valence-electron chi connectivity index (χ4n) is 1.12. The first-order valence-electron chi connectivity index (χ1n) is 5.21. The van der Waals surface area contributed by atoms with E-state index in [9.17, 15) is 13.8 Å². The maximum Gasteiger partial charge on any atom is 0.365 e. The minimum absolute atomic E-state index is 0.00955. The number of nitrogens with zero attached hydrogens (tertiary/aromatic N) is 1. The monoisotopic (exact) mass is 290 g/mol. The molecule has 6 nitrogen and oxygen atoms in total. The molecular formula is C10H14N2O4S2. The van der Waals surface area contributed by atoms with E-state index in [4.69, 9.17) is 5.11 Å². The van der Waals surface area contributed by atoms with Crippen LogP contribution in [0.5, 0.6) is 0 Å². The molecule has 0 saturated heterocycles. The molecule has 1 aromatic heterocycles. The van der Waals surface area contributed by atoms with Gasteiger partial charge in [-0.2, -0.15) is 0 Å². The molecule has 18 heavy (non-hydrogen) atoms. The summed E-state index contributed by atoms with van der Waals surface area (Å²) in [6.45, 7) is 2.23. The van der Waals surface area contributed by atoms with Crippen LogP contribution in [-0.2, 0) is 10.8 Å². The van der Waals surface area contributed by atoms with Crippen LogP contribution in [0.4, 0.5) is 0 Å². The third-order valence-electron chi connectivity index (χ3n) is 2.32. The van der Waals surface area contributed by atoms with Crippen molar-refractivity contribution in [2.24, 2.45) is 0 Å². The Balaban J connectivity index is 2.45. The van der Waals surface area contributed by atoms with Crippen LogP contribution in [0.1, 0.15) is 33.6 Å². The van der Waals surface area contributed by atoms with Crippen molar-refractivity contribution in [2.75, 3.05) is 12.8 Å². The van der Waals surface area contributed by atoms with Crippen LogP contribution in [0.2, 0.25) is 0 Å². The van der Waals surface area contributed by atoms with E-state index in [2.05, 4.69) is 10.3 Å². The van der Waals surface area contributed by atoms with Gasteiger partial charge in [0.1, 0.15) is 5.69 Å². The molecule has 0 saturated carbocycles. The van der Waals surface area contributed by atoms with Gasteiger partial charge in [0.2, 0.25) is 5.01 Å². The van der Waals surface area contributed by atoms with E-state index in [1.165, 1.54) is 5.38 Å². The lowest BCUT2D eigenvalue weighted by atomic mass is 10.3. The van der Waals surface area contributed by atoms with Gasteiger partial charge in [-0.1, -0.05) is 6.92 Å². The van der Waals surface area contributed by atoms with E-state index in [-0.39, 0.29) is 16.0 Å². The van der Waals surface area contributed by atoms with Gasteiger partial charge >= 0.3 is 5.97 Å². The van der Waals surface area contributed by atoms with Crippen LogP contribution in [0.25, 0.3) is 0 Å². The van der Waals surface area contributed by atoms with Gasteiger partial charge in [-0.05, 0) is 6.42 Å². The highest BCUT2D eigenvalue weighted by Gasteiger charge is 2.14. The molecule has 0 radical (unpaired) electrons. The number of aromatic carboxylic acids is 1. The number of thiazole rings is 1. The summed E-state index contributed by atoms with van der Waals surface area (Å²) < 4.78 is 11.1. The van der Waals surface area contributed by atoms with Crippen molar-refractivity contribution in [2.45, 2.75) is 18.6 Å². The maximum atomic E-state index is 11.6.